The lowest BCUT2D eigenvalue weighted by atomic mass is 9.82. The summed E-state index contributed by atoms with van der Waals surface area (Å²) in [6.45, 7) is 1.43. The van der Waals surface area contributed by atoms with E-state index in [-0.39, 0.29) is 5.78 Å². The van der Waals surface area contributed by atoms with Gasteiger partial charge < -0.3 is 14.6 Å². The Bertz CT molecular complexity index is 306. The van der Waals surface area contributed by atoms with Crippen LogP contribution < -0.4 is 5.46 Å². The molecule has 0 bridgehead atoms. The topological polar surface area (TPSA) is 62.5 Å². The Labute approximate surface area is 70.6 Å². The van der Waals surface area contributed by atoms with Crippen molar-refractivity contribution in [3.8, 4) is 0 Å². The Morgan fingerprint density at radius 3 is 2.42 bits per heavy atom. The highest BCUT2D eigenvalue weighted by molar-refractivity contribution is 6.58. The lowest BCUT2D eigenvalue weighted by Gasteiger charge is -1.94. The van der Waals surface area contributed by atoms with Crippen LogP contribution in [0.3, 0.4) is 0 Å². The summed E-state index contributed by atoms with van der Waals surface area (Å²) in [6, 6.07) is 1.47. The van der Waals surface area contributed by atoms with Crippen LogP contribution in [-0.2, 0) is 7.05 Å². The summed E-state index contributed by atoms with van der Waals surface area (Å²) in [4.78, 5) is 10.9. The predicted octanol–water partition coefficient (Wildman–Crippen LogP) is -1.09. The minimum atomic E-state index is -1.51. The van der Waals surface area contributed by atoms with Gasteiger partial charge in [-0.1, -0.05) is 0 Å². The second-order valence-corrected chi connectivity index (χ2v) is 2.70. The van der Waals surface area contributed by atoms with E-state index in [1.165, 1.54) is 19.2 Å². The molecule has 4 nitrogen and oxygen atoms in total. The largest absolute Gasteiger partial charge is 0.490 e. The Morgan fingerprint density at radius 2 is 2.17 bits per heavy atom. The first-order valence-electron chi connectivity index (χ1n) is 3.55. The van der Waals surface area contributed by atoms with Crippen molar-refractivity contribution in [1.29, 1.82) is 0 Å². The van der Waals surface area contributed by atoms with E-state index in [9.17, 15) is 4.79 Å². The Balaban J connectivity index is 3.09. The molecule has 64 valence electrons. The molecule has 0 aromatic carbocycles. The monoisotopic (exact) mass is 167 g/mol. The van der Waals surface area contributed by atoms with Gasteiger partial charge in [0, 0.05) is 25.6 Å². The average Bonchev–Trinajstić information content (AvgIpc) is 2.30. The maximum atomic E-state index is 10.9. The standard InChI is InChI=1S/C7H10BNO3/c1-5(10)7-3-6(8(11)12)4-9(7)2/h3-4,11-12H,1-2H3. The zero-order valence-corrected chi connectivity index (χ0v) is 6.98. The van der Waals surface area contributed by atoms with Crippen molar-refractivity contribution in [3.05, 3.63) is 18.0 Å². The van der Waals surface area contributed by atoms with Crippen molar-refractivity contribution < 1.29 is 14.8 Å². The van der Waals surface area contributed by atoms with Gasteiger partial charge in [-0.3, -0.25) is 4.79 Å². The molecule has 0 aliphatic heterocycles. The molecular weight excluding hydrogens is 157 g/mol. The van der Waals surface area contributed by atoms with Gasteiger partial charge in [0.05, 0.1) is 5.69 Å². The first-order chi connectivity index (χ1) is 5.52. The van der Waals surface area contributed by atoms with Crippen LogP contribution in [0.4, 0.5) is 0 Å². The summed E-state index contributed by atoms with van der Waals surface area (Å²) < 4.78 is 1.57. The third kappa shape index (κ3) is 1.57. The van der Waals surface area contributed by atoms with Crippen LogP contribution in [0.2, 0.25) is 0 Å². The Hall–Kier alpha value is -1.07. The summed E-state index contributed by atoms with van der Waals surface area (Å²) >= 11 is 0. The molecule has 0 saturated carbocycles. The second-order valence-electron chi connectivity index (χ2n) is 2.70. The molecule has 0 spiro atoms. The van der Waals surface area contributed by atoms with Gasteiger partial charge in [0.1, 0.15) is 0 Å². The van der Waals surface area contributed by atoms with Crippen molar-refractivity contribution in [3.63, 3.8) is 0 Å². The van der Waals surface area contributed by atoms with Crippen molar-refractivity contribution in [2.45, 2.75) is 6.92 Å². The highest BCUT2D eigenvalue weighted by Gasteiger charge is 2.15. The number of ketones is 1. The van der Waals surface area contributed by atoms with Crippen molar-refractivity contribution in [2.24, 2.45) is 7.05 Å². The molecule has 1 rings (SSSR count). The molecule has 0 radical (unpaired) electrons. The maximum Gasteiger partial charge on any atom is 0.490 e. The molecule has 0 atom stereocenters. The highest BCUT2D eigenvalue weighted by atomic mass is 16.4. The smallest absolute Gasteiger partial charge is 0.423 e. The summed E-state index contributed by atoms with van der Waals surface area (Å²) in [5.74, 6) is -0.0931. The molecule has 1 heterocycles. The van der Waals surface area contributed by atoms with Gasteiger partial charge in [0.25, 0.3) is 0 Å². The van der Waals surface area contributed by atoms with Gasteiger partial charge in [-0.2, -0.15) is 0 Å². The normalized spacial score (nSPS) is 10.0. The van der Waals surface area contributed by atoms with Crippen molar-refractivity contribution in [2.75, 3.05) is 0 Å². The molecule has 0 fully saturated rings. The van der Waals surface area contributed by atoms with Crippen LogP contribution in [0, 0.1) is 0 Å². The summed E-state index contributed by atoms with van der Waals surface area (Å²) in [5.41, 5.74) is 0.806. The number of aromatic nitrogens is 1. The minimum absolute atomic E-state index is 0.0931. The van der Waals surface area contributed by atoms with E-state index in [1.54, 1.807) is 11.6 Å². The molecule has 0 aliphatic carbocycles. The maximum absolute atomic E-state index is 10.9. The summed E-state index contributed by atoms with van der Waals surface area (Å²) in [6.07, 6.45) is 1.52. The van der Waals surface area contributed by atoms with Crippen molar-refractivity contribution in [1.82, 2.24) is 4.57 Å². The lowest BCUT2D eigenvalue weighted by molar-refractivity contribution is 0.101. The molecule has 1 aromatic heterocycles. The fourth-order valence-electron chi connectivity index (χ4n) is 1.08. The number of aryl methyl sites for hydroxylation is 1. The molecule has 0 aliphatic rings. The van der Waals surface area contributed by atoms with E-state index in [1.807, 2.05) is 0 Å². The van der Waals surface area contributed by atoms with Gasteiger partial charge in [0.15, 0.2) is 5.78 Å². The van der Waals surface area contributed by atoms with Crippen LogP contribution in [-0.4, -0.2) is 27.5 Å². The fourth-order valence-corrected chi connectivity index (χ4v) is 1.08. The fraction of sp³-hybridized carbons (Fsp3) is 0.286. The highest BCUT2D eigenvalue weighted by Crippen LogP contribution is 1.98. The number of carbonyl (C=O) groups is 1. The number of Topliss-reactive ketones (excluding diaryl/α,β-unsaturated/α-hetero) is 1. The molecule has 2 N–H and O–H groups in total. The Morgan fingerprint density at radius 1 is 1.58 bits per heavy atom. The van der Waals surface area contributed by atoms with E-state index in [0.717, 1.165) is 0 Å². The summed E-state index contributed by atoms with van der Waals surface area (Å²) in [7, 11) is 0.173. The second kappa shape index (κ2) is 3.12. The zero-order valence-electron chi connectivity index (χ0n) is 6.98. The van der Waals surface area contributed by atoms with Crippen molar-refractivity contribution >= 4 is 18.4 Å². The molecule has 1 aromatic rings. The molecule has 0 unspecified atom stereocenters. The van der Waals surface area contributed by atoms with E-state index < -0.39 is 7.12 Å². The van der Waals surface area contributed by atoms with Crippen LogP contribution in [0.25, 0.3) is 0 Å². The van der Waals surface area contributed by atoms with Crippen LogP contribution in [0.15, 0.2) is 12.3 Å². The Kier molecular flexibility index (Phi) is 2.35. The van der Waals surface area contributed by atoms with E-state index in [4.69, 9.17) is 10.0 Å². The quantitative estimate of drug-likeness (QED) is 0.434. The van der Waals surface area contributed by atoms with E-state index in [0.29, 0.717) is 11.2 Å². The summed E-state index contributed by atoms with van der Waals surface area (Å²) in [5, 5.41) is 17.5. The number of rotatable bonds is 2. The van der Waals surface area contributed by atoms with Crippen LogP contribution in [0.1, 0.15) is 17.4 Å². The third-order valence-corrected chi connectivity index (χ3v) is 1.68. The van der Waals surface area contributed by atoms with Crippen LogP contribution >= 0.6 is 0 Å². The molecule has 0 saturated heterocycles. The predicted molar refractivity (Wildman–Crippen MR) is 45.2 cm³/mol. The molecule has 5 heteroatoms. The first kappa shape index (κ1) is 9.03. The van der Waals surface area contributed by atoms with E-state index >= 15 is 0 Å². The number of hydrogen-bond donors (Lipinski definition) is 2. The number of nitrogens with zero attached hydrogens (tertiary/aromatic N) is 1. The first-order valence-corrected chi connectivity index (χ1v) is 3.55. The van der Waals surface area contributed by atoms with Gasteiger partial charge >= 0.3 is 7.12 Å². The zero-order chi connectivity index (χ0) is 9.30. The van der Waals surface area contributed by atoms with E-state index in [2.05, 4.69) is 0 Å². The number of carbonyl (C=O) groups excluding carboxylic acids is 1. The van der Waals surface area contributed by atoms with Gasteiger partial charge in [-0.05, 0) is 6.07 Å². The third-order valence-electron chi connectivity index (χ3n) is 1.68. The lowest BCUT2D eigenvalue weighted by Crippen LogP contribution is -2.28. The van der Waals surface area contributed by atoms with Crippen LogP contribution in [0.5, 0.6) is 0 Å². The minimum Gasteiger partial charge on any atom is -0.423 e. The number of hydrogen-bond acceptors (Lipinski definition) is 3. The van der Waals surface area contributed by atoms with Gasteiger partial charge in [-0.15, -0.1) is 0 Å². The molecular formula is C7H10BNO3. The molecule has 0 amide bonds. The molecule has 12 heavy (non-hydrogen) atoms. The van der Waals surface area contributed by atoms with Gasteiger partial charge in [-0.25, -0.2) is 0 Å². The van der Waals surface area contributed by atoms with Gasteiger partial charge in [0.2, 0.25) is 0 Å². The SMILES string of the molecule is CC(=O)c1cc(B(O)O)cn1C. The average molecular weight is 167 g/mol.